The molecular formula is C28H30FN5O4S. The normalized spacial score (nSPS) is 21.8. The van der Waals surface area contributed by atoms with Crippen LogP contribution in [0.15, 0.2) is 46.1 Å². The number of carbonyl (C=O) groups is 2. The number of halogens is 1. The number of nitrogens with one attached hydrogen (secondary N) is 1. The second kappa shape index (κ2) is 10.6. The Morgan fingerprint density at radius 2 is 1.72 bits per heavy atom. The smallest absolute Gasteiger partial charge is 0.333 e. The fraction of sp³-hybridized carbons (Fsp3) is 0.464. The van der Waals surface area contributed by atoms with Gasteiger partial charge in [0.15, 0.2) is 0 Å². The van der Waals surface area contributed by atoms with Crippen molar-refractivity contribution in [2.24, 2.45) is 0 Å². The van der Waals surface area contributed by atoms with E-state index in [1.807, 2.05) is 30.0 Å². The zero-order valence-corrected chi connectivity index (χ0v) is 22.3. The SMILES string of the molecule is O=C(CN1Cc2ccccc2C1=O)NC1CCC(n2c(=O)c3cc(F)cnc3n(C3CCSCC3)c2=O)CC1. The molecule has 0 bridgehead atoms. The van der Waals surface area contributed by atoms with Crippen molar-refractivity contribution < 1.29 is 14.0 Å². The minimum atomic E-state index is -0.610. The molecular weight excluding hydrogens is 521 g/mol. The number of hydrogen-bond donors (Lipinski definition) is 1. The number of aromatic nitrogens is 3. The van der Waals surface area contributed by atoms with Gasteiger partial charge >= 0.3 is 5.69 Å². The summed E-state index contributed by atoms with van der Waals surface area (Å²) >= 11 is 1.83. The van der Waals surface area contributed by atoms with E-state index in [1.54, 1.807) is 15.5 Å². The molecule has 2 aliphatic heterocycles. The topological polar surface area (TPSA) is 106 Å². The van der Waals surface area contributed by atoms with Crippen molar-refractivity contribution in [3.8, 4) is 0 Å². The summed E-state index contributed by atoms with van der Waals surface area (Å²) < 4.78 is 17.0. The third-order valence-corrected chi connectivity index (χ3v) is 9.19. The molecule has 1 N–H and O–H groups in total. The van der Waals surface area contributed by atoms with Gasteiger partial charge in [0.2, 0.25) is 5.91 Å². The molecule has 2 fully saturated rings. The monoisotopic (exact) mass is 551 g/mol. The van der Waals surface area contributed by atoms with Crippen molar-refractivity contribution in [1.82, 2.24) is 24.3 Å². The largest absolute Gasteiger partial charge is 0.352 e. The quantitative estimate of drug-likeness (QED) is 0.523. The lowest BCUT2D eigenvalue weighted by molar-refractivity contribution is -0.122. The molecule has 204 valence electrons. The Bertz CT molecular complexity index is 1560. The molecule has 2 amide bonds. The van der Waals surface area contributed by atoms with Crippen molar-refractivity contribution in [2.75, 3.05) is 18.1 Å². The standard InChI is InChI=1S/C28H30FN5O4S/c29-18-13-23-25(30-14-18)33(21-9-11-39-12-10-21)28(38)34(27(23)37)20-7-5-19(6-8-20)31-24(35)16-32-15-17-3-1-2-4-22(17)26(32)36/h1-4,13-14,19-21H,5-12,15-16H2,(H,31,35). The lowest BCUT2D eigenvalue weighted by Crippen LogP contribution is -2.47. The lowest BCUT2D eigenvalue weighted by Gasteiger charge is -2.32. The summed E-state index contributed by atoms with van der Waals surface area (Å²) in [4.78, 5) is 58.3. The van der Waals surface area contributed by atoms with Gasteiger partial charge in [0.05, 0.1) is 11.6 Å². The van der Waals surface area contributed by atoms with Crippen molar-refractivity contribution in [3.63, 3.8) is 0 Å². The maximum absolute atomic E-state index is 14.1. The van der Waals surface area contributed by atoms with Crippen molar-refractivity contribution in [2.45, 2.75) is 63.2 Å². The van der Waals surface area contributed by atoms with E-state index in [9.17, 15) is 23.6 Å². The first-order valence-corrected chi connectivity index (χ1v) is 14.6. The molecule has 3 aliphatic rings. The van der Waals surface area contributed by atoms with Gasteiger partial charge in [-0.15, -0.1) is 0 Å². The molecule has 0 radical (unpaired) electrons. The van der Waals surface area contributed by atoms with Gasteiger partial charge in [-0.25, -0.2) is 14.2 Å². The average molecular weight is 552 g/mol. The highest BCUT2D eigenvalue weighted by Crippen LogP contribution is 2.30. The number of thioether (sulfide) groups is 1. The second-order valence-corrected chi connectivity index (χ2v) is 11.8. The van der Waals surface area contributed by atoms with E-state index in [2.05, 4.69) is 10.3 Å². The summed E-state index contributed by atoms with van der Waals surface area (Å²) in [5.41, 5.74) is 0.911. The van der Waals surface area contributed by atoms with Crippen LogP contribution in [0.3, 0.4) is 0 Å². The van der Waals surface area contributed by atoms with Gasteiger partial charge in [-0.05, 0) is 67.7 Å². The van der Waals surface area contributed by atoms with E-state index in [-0.39, 0.29) is 53.2 Å². The number of amides is 2. The first-order valence-electron chi connectivity index (χ1n) is 13.5. The molecule has 1 saturated heterocycles. The second-order valence-electron chi connectivity index (χ2n) is 10.6. The van der Waals surface area contributed by atoms with E-state index >= 15 is 0 Å². The molecule has 0 atom stereocenters. The first-order chi connectivity index (χ1) is 18.9. The zero-order valence-electron chi connectivity index (χ0n) is 21.5. The first kappa shape index (κ1) is 25.8. The van der Waals surface area contributed by atoms with Gasteiger partial charge in [0.25, 0.3) is 11.5 Å². The van der Waals surface area contributed by atoms with Crippen LogP contribution >= 0.6 is 11.8 Å². The molecule has 39 heavy (non-hydrogen) atoms. The van der Waals surface area contributed by atoms with Gasteiger partial charge in [0, 0.05) is 30.2 Å². The number of rotatable bonds is 5. The van der Waals surface area contributed by atoms with E-state index in [1.165, 1.54) is 10.6 Å². The van der Waals surface area contributed by atoms with Gasteiger partial charge in [0.1, 0.15) is 18.0 Å². The molecule has 3 aromatic rings. The number of fused-ring (bicyclic) bond motifs is 2. The van der Waals surface area contributed by atoms with Crippen LogP contribution in [0.1, 0.15) is 66.5 Å². The molecule has 2 aromatic heterocycles. The Kier molecular flexibility index (Phi) is 7.01. The van der Waals surface area contributed by atoms with Crippen LogP contribution in [0, 0.1) is 5.82 Å². The third kappa shape index (κ3) is 4.88. The molecule has 1 saturated carbocycles. The third-order valence-electron chi connectivity index (χ3n) is 8.14. The fourth-order valence-corrected chi connectivity index (χ4v) is 7.25. The molecule has 6 rings (SSSR count). The fourth-order valence-electron chi connectivity index (χ4n) is 6.17. The van der Waals surface area contributed by atoms with Gasteiger partial charge in [-0.2, -0.15) is 11.8 Å². The Morgan fingerprint density at radius 3 is 2.46 bits per heavy atom. The van der Waals surface area contributed by atoms with Gasteiger partial charge in [-0.1, -0.05) is 18.2 Å². The van der Waals surface area contributed by atoms with Crippen molar-refractivity contribution in [1.29, 1.82) is 0 Å². The van der Waals surface area contributed by atoms with E-state index < -0.39 is 11.4 Å². The summed E-state index contributed by atoms with van der Waals surface area (Å²) in [6.07, 6.45) is 4.89. The van der Waals surface area contributed by atoms with Crippen LogP contribution in [0.5, 0.6) is 0 Å². The Morgan fingerprint density at radius 1 is 1.00 bits per heavy atom. The number of nitrogens with zero attached hydrogens (tertiary/aromatic N) is 4. The number of pyridine rings is 1. The number of hydrogen-bond acceptors (Lipinski definition) is 6. The molecule has 9 nitrogen and oxygen atoms in total. The van der Waals surface area contributed by atoms with Crippen molar-refractivity contribution in [3.05, 3.63) is 74.3 Å². The highest BCUT2D eigenvalue weighted by atomic mass is 32.2. The summed E-state index contributed by atoms with van der Waals surface area (Å²) in [6, 6.07) is 8.01. The Hall–Kier alpha value is -3.47. The molecule has 1 aliphatic carbocycles. The van der Waals surface area contributed by atoms with E-state index in [4.69, 9.17) is 0 Å². The average Bonchev–Trinajstić information content (AvgIpc) is 3.25. The van der Waals surface area contributed by atoms with E-state index in [0.29, 0.717) is 37.8 Å². The predicted octanol–water partition coefficient (Wildman–Crippen LogP) is 3.02. The maximum Gasteiger partial charge on any atom is 0.333 e. The molecule has 11 heteroatoms. The Labute approximate surface area is 228 Å². The molecule has 1 aromatic carbocycles. The van der Waals surface area contributed by atoms with E-state index in [0.717, 1.165) is 36.1 Å². The molecule has 4 heterocycles. The zero-order chi connectivity index (χ0) is 27.1. The van der Waals surface area contributed by atoms with Crippen LogP contribution < -0.4 is 16.6 Å². The molecule has 0 unspecified atom stereocenters. The summed E-state index contributed by atoms with van der Waals surface area (Å²) in [5, 5.41) is 3.15. The summed E-state index contributed by atoms with van der Waals surface area (Å²) in [5.74, 6) is 0.861. The van der Waals surface area contributed by atoms with Crippen LogP contribution in [0.4, 0.5) is 4.39 Å². The van der Waals surface area contributed by atoms with Crippen LogP contribution in [-0.4, -0.2) is 54.9 Å². The summed E-state index contributed by atoms with van der Waals surface area (Å²) in [7, 11) is 0. The minimum Gasteiger partial charge on any atom is -0.352 e. The highest BCUT2D eigenvalue weighted by Gasteiger charge is 2.31. The van der Waals surface area contributed by atoms with Crippen LogP contribution in [0.25, 0.3) is 11.0 Å². The summed E-state index contributed by atoms with van der Waals surface area (Å²) in [6.45, 7) is 0.405. The predicted molar refractivity (Wildman–Crippen MR) is 146 cm³/mol. The van der Waals surface area contributed by atoms with Crippen LogP contribution in [0.2, 0.25) is 0 Å². The van der Waals surface area contributed by atoms with Crippen molar-refractivity contribution >= 4 is 34.6 Å². The number of carbonyl (C=O) groups excluding carboxylic acids is 2. The Balaban J connectivity index is 1.17. The van der Waals surface area contributed by atoms with Gasteiger partial charge < -0.3 is 10.2 Å². The van der Waals surface area contributed by atoms with Gasteiger partial charge in [-0.3, -0.25) is 23.5 Å². The maximum atomic E-state index is 14.1. The highest BCUT2D eigenvalue weighted by molar-refractivity contribution is 7.99. The van der Waals surface area contributed by atoms with Crippen LogP contribution in [-0.2, 0) is 11.3 Å². The minimum absolute atomic E-state index is 0.0134. The number of benzene rings is 1. The molecule has 0 spiro atoms. The lowest BCUT2D eigenvalue weighted by atomic mass is 9.91.